The van der Waals surface area contributed by atoms with E-state index in [0.29, 0.717) is 51.1 Å². The zero-order chi connectivity index (χ0) is 19.0. The molecule has 0 bridgehead atoms. The number of nitrogens with zero attached hydrogens (tertiary/aromatic N) is 1. The molecule has 8 heteroatoms. The van der Waals surface area contributed by atoms with E-state index in [4.69, 9.17) is 0 Å². The van der Waals surface area contributed by atoms with Gasteiger partial charge in [0.15, 0.2) is 0 Å². The number of carbonyl (C=O) groups is 3. The molecule has 3 aliphatic rings. The van der Waals surface area contributed by atoms with Gasteiger partial charge in [-0.2, -0.15) is 0 Å². The number of carbonyl (C=O) groups excluding carboxylic acids is 3. The van der Waals surface area contributed by atoms with Crippen molar-refractivity contribution in [2.24, 2.45) is 0 Å². The first-order chi connectivity index (χ1) is 13.0. The van der Waals surface area contributed by atoms with Gasteiger partial charge in [-0.05, 0) is 36.6 Å². The van der Waals surface area contributed by atoms with E-state index in [1.54, 1.807) is 6.07 Å². The van der Waals surface area contributed by atoms with Crippen molar-refractivity contribution in [2.75, 3.05) is 19.6 Å². The highest BCUT2D eigenvalue weighted by atomic mass is 19.1. The van der Waals surface area contributed by atoms with Gasteiger partial charge in [-0.3, -0.25) is 19.7 Å². The summed E-state index contributed by atoms with van der Waals surface area (Å²) in [7, 11) is 0. The number of hydrogen-bond donors (Lipinski definition) is 3. The molecule has 1 aromatic carbocycles. The summed E-state index contributed by atoms with van der Waals surface area (Å²) in [5.41, 5.74) is 1.23. The van der Waals surface area contributed by atoms with E-state index in [9.17, 15) is 18.8 Å². The molecule has 144 valence electrons. The minimum absolute atomic E-state index is 0.182. The maximum atomic E-state index is 14.4. The lowest BCUT2D eigenvalue weighted by Gasteiger charge is -2.29. The molecule has 7 nitrogen and oxygen atoms in total. The lowest BCUT2D eigenvalue weighted by atomic mass is 10.0. The van der Waals surface area contributed by atoms with E-state index in [2.05, 4.69) is 16.0 Å². The highest BCUT2D eigenvalue weighted by molar-refractivity contribution is 6.05. The van der Waals surface area contributed by atoms with Crippen molar-refractivity contribution >= 4 is 17.7 Å². The van der Waals surface area contributed by atoms with Gasteiger partial charge in [0.2, 0.25) is 11.8 Å². The van der Waals surface area contributed by atoms with Gasteiger partial charge in [-0.15, -0.1) is 0 Å². The molecule has 0 radical (unpaired) electrons. The van der Waals surface area contributed by atoms with Crippen LogP contribution in [-0.2, 0) is 22.7 Å². The Kier molecular flexibility index (Phi) is 4.69. The fourth-order valence-electron chi connectivity index (χ4n) is 4.03. The molecular weight excluding hydrogens is 351 g/mol. The number of nitrogens with one attached hydrogen (secondary N) is 3. The molecule has 0 aliphatic carbocycles. The van der Waals surface area contributed by atoms with Crippen LogP contribution in [0.15, 0.2) is 18.2 Å². The monoisotopic (exact) mass is 374 g/mol. The number of piperidine rings is 1. The van der Waals surface area contributed by atoms with Crippen LogP contribution in [0.4, 0.5) is 4.39 Å². The predicted molar refractivity (Wildman–Crippen MR) is 95.5 cm³/mol. The van der Waals surface area contributed by atoms with Crippen LogP contribution in [0.3, 0.4) is 0 Å². The van der Waals surface area contributed by atoms with Crippen LogP contribution >= 0.6 is 0 Å². The third kappa shape index (κ3) is 3.59. The molecular formula is C19H23FN4O3. The molecule has 2 saturated heterocycles. The summed E-state index contributed by atoms with van der Waals surface area (Å²) in [4.78, 5) is 37.6. The molecule has 2 fully saturated rings. The Morgan fingerprint density at radius 1 is 1.30 bits per heavy atom. The summed E-state index contributed by atoms with van der Waals surface area (Å²) in [6.45, 7) is 2.24. The Labute approximate surface area is 156 Å². The second-order valence-electron chi connectivity index (χ2n) is 7.57. The first kappa shape index (κ1) is 18.1. The molecule has 1 aromatic rings. The number of benzene rings is 1. The van der Waals surface area contributed by atoms with Gasteiger partial charge in [-0.1, -0.05) is 12.1 Å². The second-order valence-corrected chi connectivity index (χ2v) is 7.57. The van der Waals surface area contributed by atoms with E-state index in [0.717, 1.165) is 11.1 Å². The molecule has 0 aromatic heterocycles. The summed E-state index contributed by atoms with van der Waals surface area (Å²) < 4.78 is 14.4. The highest BCUT2D eigenvalue weighted by Gasteiger charge is 2.39. The van der Waals surface area contributed by atoms with Crippen LogP contribution in [0, 0.1) is 0 Å². The normalized spacial score (nSPS) is 27.8. The number of rotatable bonds is 5. The van der Waals surface area contributed by atoms with Crippen molar-refractivity contribution in [1.82, 2.24) is 20.9 Å². The zero-order valence-electron chi connectivity index (χ0n) is 15.0. The Hall–Kier alpha value is -2.32. The van der Waals surface area contributed by atoms with Crippen molar-refractivity contribution in [1.29, 1.82) is 0 Å². The maximum Gasteiger partial charge on any atom is 0.255 e. The molecule has 2 atom stereocenters. The third-order valence-corrected chi connectivity index (χ3v) is 5.55. The molecule has 3 aliphatic heterocycles. The molecule has 3 heterocycles. The summed E-state index contributed by atoms with van der Waals surface area (Å²) in [6, 6.07) is 4.95. The van der Waals surface area contributed by atoms with E-state index >= 15 is 0 Å². The van der Waals surface area contributed by atoms with Crippen LogP contribution in [0.25, 0.3) is 0 Å². The Morgan fingerprint density at radius 3 is 2.89 bits per heavy atom. The average Bonchev–Trinajstić information content (AvgIpc) is 3.19. The third-order valence-electron chi connectivity index (χ3n) is 5.55. The minimum Gasteiger partial charge on any atom is -0.322 e. The largest absolute Gasteiger partial charge is 0.322 e. The summed E-state index contributed by atoms with van der Waals surface area (Å²) in [5, 5.41) is 8.49. The van der Waals surface area contributed by atoms with Gasteiger partial charge >= 0.3 is 0 Å². The highest BCUT2D eigenvalue weighted by Crippen LogP contribution is 2.28. The number of amides is 3. The van der Waals surface area contributed by atoms with Gasteiger partial charge in [0.05, 0.1) is 0 Å². The zero-order valence-corrected chi connectivity index (χ0v) is 15.0. The average molecular weight is 374 g/mol. The number of imide groups is 1. The van der Waals surface area contributed by atoms with Crippen molar-refractivity contribution < 1.29 is 18.8 Å². The fourth-order valence-corrected chi connectivity index (χ4v) is 4.03. The molecule has 4 rings (SSSR count). The van der Waals surface area contributed by atoms with Crippen LogP contribution < -0.4 is 16.0 Å². The van der Waals surface area contributed by atoms with Gasteiger partial charge in [0.25, 0.3) is 5.91 Å². The standard InChI is InChI=1S/C19H23FN4O3/c20-19(5-6-21-10-19)11-22-8-12-1-2-14-13(7-12)9-24(18(14)27)15-3-4-16(25)23-17(15)26/h1-2,7,15,21-22H,3-6,8-11H2,(H,23,25,26). The van der Waals surface area contributed by atoms with Crippen molar-refractivity contribution in [3.8, 4) is 0 Å². The van der Waals surface area contributed by atoms with E-state index in [-0.39, 0.29) is 18.2 Å². The van der Waals surface area contributed by atoms with Crippen LogP contribution in [-0.4, -0.2) is 54.0 Å². The number of hydrogen-bond acceptors (Lipinski definition) is 5. The minimum atomic E-state index is -1.20. The maximum absolute atomic E-state index is 14.4. The second kappa shape index (κ2) is 7.01. The lowest BCUT2D eigenvalue weighted by Crippen LogP contribution is -2.52. The summed E-state index contributed by atoms with van der Waals surface area (Å²) >= 11 is 0. The van der Waals surface area contributed by atoms with Gasteiger partial charge in [-0.25, -0.2) is 4.39 Å². The molecule has 27 heavy (non-hydrogen) atoms. The molecule has 0 saturated carbocycles. The fraction of sp³-hybridized carbons (Fsp3) is 0.526. The predicted octanol–water partition coefficient (Wildman–Crippen LogP) is 0.239. The van der Waals surface area contributed by atoms with Crippen molar-refractivity contribution in [2.45, 2.75) is 44.1 Å². The number of halogens is 1. The lowest BCUT2D eigenvalue weighted by molar-refractivity contribution is -0.136. The molecule has 3 amide bonds. The first-order valence-electron chi connectivity index (χ1n) is 9.32. The molecule has 2 unspecified atom stereocenters. The SMILES string of the molecule is O=C1CCC(N2Cc3cc(CNCC4(F)CCNC4)ccc3C2=O)C(=O)N1. The Bertz CT molecular complexity index is 791. The molecule has 3 N–H and O–H groups in total. The van der Waals surface area contributed by atoms with Gasteiger partial charge in [0, 0.05) is 38.2 Å². The van der Waals surface area contributed by atoms with E-state index in [1.165, 1.54) is 4.90 Å². The van der Waals surface area contributed by atoms with Gasteiger partial charge in [0.1, 0.15) is 11.7 Å². The van der Waals surface area contributed by atoms with Crippen LogP contribution in [0.5, 0.6) is 0 Å². The van der Waals surface area contributed by atoms with Crippen molar-refractivity contribution in [3.63, 3.8) is 0 Å². The van der Waals surface area contributed by atoms with Crippen molar-refractivity contribution in [3.05, 3.63) is 34.9 Å². The number of fused-ring (bicyclic) bond motifs is 1. The van der Waals surface area contributed by atoms with E-state index < -0.39 is 17.6 Å². The van der Waals surface area contributed by atoms with E-state index in [1.807, 2.05) is 12.1 Å². The van der Waals surface area contributed by atoms with Crippen LogP contribution in [0.1, 0.15) is 40.7 Å². The summed E-state index contributed by atoms with van der Waals surface area (Å²) in [5.74, 6) is -0.886. The molecule has 0 spiro atoms. The number of alkyl halides is 1. The van der Waals surface area contributed by atoms with Crippen LogP contribution in [0.2, 0.25) is 0 Å². The smallest absolute Gasteiger partial charge is 0.255 e. The van der Waals surface area contributed by atoms with Gasteiger partial charge < -0.3 is 15.5 Å². The topological polar surface area (TPSA) is 90.5 Å². The Morgan fingerprint density at radius 2 is 2.15 bits per heavy atom. The quantitative estimate of drug-likeness (QED) is 0.643. The first-order valence-corrected chi connectivity index (χ1v) is 9.32. The Balaban J connectivity index is 1.40. The summed E-state index contributed by atoms with van der Waals surface area (Å²) in [6.07, 6.45) is 1.11.